The van der Waals surface area contributed by atoms with E-state index in [0.29, 0.717) is 0 Å². The van der Waals surface area contributed by atoms with Crippen LogP contribution in [-0.2, 0) is 0 Å². The van der Waals surface area contributed by atoms with Crippen molar-refractivity contribution in [2.45, 2.75) is 6.42 Å². The van der Waals surface area contributed by atoms with Crippen LogP contribution >= 0.6 is 11.6 Å². The van der Waals surface area contributed by atoms with Gasteiger partial charge in [-0.2, -0.15) is 0 Å². The van der Waals surface area contributed by atoms with Gasteiger partial charge < -0.3 is 10.4 Å². The minimum absolute atomic E-state index is 0.0113. The van der Waals surface area contributed by atoms with E-state index in [4.69, 9.17) is 22.0 Å². The van der Waals surface area contributed by atoms with E-state index in [1.807, 2.05) is 0 Å². The SMILES string of the molecule is O/N=C/C/C(Cl)=N\O. The molecule has 0 fully saturated rings. The summed E-state index contributed by atoms with van der Waals surface area (Å²) < 4.78 is 0. The second kappa shape index (κ2) is 4.39. The predicted molar refractivity (Wildman–Crippen MR) is 30.0 cm³/mol. The fourth-order valence-electron chi connectivity index (χ4n) is 0.157. The van der Waals surface area contributed by atoms with Crippen LogP contribution in [0.15, 0.2) is 10.3 Å². The first kappa shape index (κ1) is 7.23. The Balaban J connectivity index is 3.40. The van der Waals surface area contributed by atoms with Crippen LogP contribution in [-0.4, -0.2) is 21.8 Å². The quantitative estimate of drug-likeness (QED) is 0.336. The molecule has 0 unspecified atom stereocenters. The lowest BCUT2D eigenvalue weighted by molar-refractivity contribution is 0.318. The van der Waals surface area contributed by atoms with E-state index in [1.165, 1.54) is 0 Å². The topological polar surface area (TPSA) is 65.2 Å². The van der Waals surface area contributed by atoms with Gasteiger partial charge in [0, 0.05) is 6.42 Å². The van der Waals surface area contributed by atoms with Crippen molar-refractivity contribution in [2.75, 3.05) is 0 Å². The first-order chi connectivity index (χ1) is 3.81. The van der Waals surface area contributed by atoms with Gasteiger partial charge in [0.25, 0.3) is 0 Å². The molecule has 0 aromatic carbocycles. The maximum absolute atomic E-state index is 7.87. The van der Waals surface area contributed by atoms with Crippen molar-refractivity contribution in [1.29, 1.82) is 0 Å². The molecule has 0 rings (SSSR count). The highest BCUT2D eigenvalue weighted by molar-refractivity contribution is 6.66. The van der Waals surface area contributed by atoms with Crippen LogP contribution < -0.4 is 0 Å². The molecule has 5 heteroatoms. The number of nitrogens with zero attached hydrogens (tertiary/aromatic N) is 2. The van der Waals surface area contributed by atoms with E-state index in [9.17, 15) is 0 Å². The number of oxime groups is 2. The molecular weight excluding hydrogens is 131 g/mol. The van der Waals surface area contributed by atoms with Crippen LogP contribution in [0, 0.1) is 0 Å². The average molecular weight is 137 g/mol. The normalized spacial score (nSPS) is 12.9. The maximum atomic E-state index is 7.87. The van der Waals surface area contributed by atoms with Crippen molar-refractivity contribution in [3.05, 3.63) is 0 Å². The van der Waals surface area contributed by atoms with E-state index >= 15 is 0 Å². The fraction of sp³-hybridized carbons (Fsp3) is 0.333. The number of rotatable bonds is 2. The Hall–Kier alpha value is -0.770. The van der Waals surface area contributed by atoms with Gasteiger partial charge in [-0.25, -0.2) is 0 Å². The minimum atomic E-state index is -0.0113. The van der Waals surface area contributed by atoms with Crippen LogP contribution in [0.25, 0.3) is 0 Å². The molecule has 8 heavy (non-hydrogen) atoms. The maximum Gasteiger partial charge on any atom is 0.150 e. The highest BCUT2D eigenvalue weighted by atomic mass is 35.5. The molecule has 0 aliphatic heterocycles. The Bertz CT molecular complexity index is 112. The summed E-state index contributed by atoms with van der Waals surface area (Å²) in [4.78, 5) is 0. The number of hydrogen-bond donors (Lipinski definition) is 2. The summed E-state index contributed by atoms with van der Waals surface area (Å²) in [5, 5.41) is 20.9. The summed E-state index contributed by atoms with van der Waals surface area (Å²) in [6, 6.07) is 0. The molecular formula is C3H5ClN2O2. The number of halogens is 1. The summed E-state index contributed by atoms with van der Waals surface area (Å²) in [6.07, 6.45) is 1.26. The van der Waals surface area contributed by atoms with E-state index < -0.39 is 0 Å². The van der Waals surface area contributed by atoms with Gasteiger partial charge in [-0.05, 0) is 0 Å². The van der Waals surface area contributed by atoms with Crippen molar-refractivity contribution in [3.8, 4) is 0 Å². The predicted octanol–water partition coefficient (Wildman–Crippen LogP) is 0.863. The molecule has 0 amide bonds. The summed E-state index contributed by atoms with van der Waals surface area (Å²) >= 11 is 5.14. The molecule has 0 radical (unpaired) electrons. The Labute approximate surface area is 51.1 Å². The van der Waals surface area contributed by atoms with Gasteiger partial charge in [-0.3, -0.25) is 0 Å². The van der Waals surface area contributed by atoms with E-state index in [-0.39, 0.29) is 11.6 Å². The molecule has 0 saturated carbocycles. The largest absolute Gasteiger partial charge is 0.411 e. The van der Waals surface area contributed by atoms with Gasteiger partial charge >= 0.3 is 0 Å². The summed E-state index contributed by atoms with van der Waals surface area (Å²) in [7, 11) is 0. The third-order valence-electron chi connectivity index (χ3n) is 0.450. The molecule has 4 nitrogen and oxygen atoms in total. The van der Waals surface area contributed by atoms with Crippen molar-refractivity contribution in [3.63, 3.8) is 0 Å². The summed E-state index contributed by atoms with van der Waals surface area (Å²) in [6.45, 7) is 0. The second-order valence-electron chi connectivity index (χ2n) is 0.978. The first-order valence-corrected chi connectivity index (χ1v) is 2.21. The van der Waals surface area contributed by atoms with Crippen molar-refractivity contribution < 1.29 is 10.4 Å². The number of hydrogen-bond acceptors (Lipinski definition) is 4. The zero-order valence-corrected chi connectivity index (χ0v) is 4.71. The van der Waals surface area contributed by atoms with Gasteiger partial charge in [-0.1, -0.05) is 16.8 Å². The molecule has 0 aromatic rings. The average Bonchev–Trinajstić information content (AvgIpc) is 1.83. The van der Waals surface area contributed by atoms with Gasteiger partial charge in [0.15, 0.2) is 5.17 Å². The standard InChI is InChI=1S/C3H5ClN2O2/c4-3(6-8)1-2-5-7/h2,7-8H,1H2/b5-2+,6-3+. The zero-order chi connectivity index (χ0) is 6.41. The van der Waals surface area contributed by atoms with Crippen LogP contribution in [0.5, 0.6) is 0 Å². The smallest absolute Gasteiger partial charge is 0.150 e. The van der Waals surface area contributed by atoms with Crippen molar-refractivity contribution >= 4 is 23.0 Å². The zero-order valence-electron chi connectivity index (χ0n) is 3.95. The lowest BCUT2D eigenvalue weighted by Gasteiger charge is -1.81. The molecule has 46 valence electrons. The lowest BCUT2D eigenvalue weighted by atomic mass is 10.5. The Morgan fingerprint density at radius 3 is 2.62 bits per heavy atom. The first-order valence-electron chi connectivity index (χ1n) is 1.83. The molecule has 0 bridgehead atoms. The molecule has 0 heterocycles. The minimum Gasteiger partial charge on any atom is -0.411 e. The highest BCUT2D eigenvalue weighted by Gasteiger charge is 1.87. The van der Waals surface area contributed by atoms with Gasteiger partial charge in [0.2, 0.25) is 0 Å². The lowest BCUT2D eigenvalue weighted by Crippen LogP contribution is -1.86. The van der Waals surface area contributed by atoms with E-state index in [1.54, 1.807) is 0 Å². The molecule has 2 N–H and O–H groups in total. The molecule has 0 saturated heterocycles. The van der Waals surface area contributed by atoms with Crippen molar-refractivity contribution in [1.82, 2.24) is 0 Å². The monoisotopic (exact) mass is 136 g/mol. The molecule has 0 aliphatic carbocycles. The molecule has 0 aliphatic rings. The third kappa shape index (κ3) is 3.42. The van der Waals surface area contributed by atoms with E-state index in [0.717, 1.165) is 6.21 Å². The fourth-order valence-corrected chi connectivity index (χ4v) is 0.226. The summed E-state index contributed by atoms with van der Waals surface area (Å²) in [5.74, 6) is 0. The van der Waals surface area contributed by atoms with Gasteiger partial charge in [0.1, 0.15) is 0 Å². The molecule has 0 aromatic heterocycles. The highest BCUT2D eigenvalue weighted by Crippen LogP contribution is 1.87. The van der Waals surface area contributed by atoms with Crippen LogP contribution in [0.4, 0.5) is 0 Å². The third-order valence-corrected chi connectivity index (χ3v) is 0.680. The van der Waals surface area contributed by atoms with Gasteiger partial charge in [-0.15, -0.1) is 5.16 Å². The Kier molecular flexibility index (Phi) is 3.97. The Morgan fingerprint density at radius 2 is 2.25 bits per heavy atom. The van der Waals surface area contributed by atoms with E-state index in [2.05, 4.69) is 10.3 Å². The molecule has 0 spiro atoms. The van der Waals surface area contributed by atoms with Crippen molar-refractivity contribution in [2.24, 2.45) is 10.3 Å². The second-order valence-corrected chi connectivity index (χ2v) is 1.41. The summed E-state index contributed by atoms with van der Waals surface area (Å²) in [5.41, 5.74) is 0. The molecule has 0 atom stereocenters. The Morgan fingerprint density at radius 1 is 1.62 bits per heavy atom. The van der Waals surface area contributed by atoms with Crippen LogP contribution in [0.3, 0.4) is 0 Å². The van der Waals surface area contributed by atoms with Gasteiger partial charge in [0.05, 0.1) is 6.21 Å². The van der Waals surface area contributed by atoms with Crippen LogP contribution in [0.1, 0.15) is 6.42 Å². The van der Waals surface area contributed by atoms with Crippen LogP contribution in [0.2, 0.25) is 0 Å².